The van der Waals surface area contributed by atoms with Gasteiger partial charge in [0.25, 0.3) is 0 Å². The van der Waals surface area contributed by atoms with Crippen molar-refractivity contribution in [3.05, 3.63) is 48.4 Å². The molecule has 0 bridgehead atoms. The zero-order valence-corrected chi connectivity index (χ0v) is 13.9. The van der Waals surface area contributed by atoms with Gasteiger partial charge in [0.1, 0.15) is 11.6 Å². The number of halogens is 1. The number of benzene rings is 1. The quantitative estimate of drug-likeness (QED) is 0.742. The standard InChI is InChI=1S/C18H20FN5/c1-22(2)13-8-10-23(12-13)18-11-16(14-5-3-4-6-15(14)19)21-17-7-9-20-24(17)18/h3-7,9,11,13H,8,10,12H2,1-2H3/t13-/m0/s1. The fourth-order valence-corrected chi connectivity index (χ4v) is 3.30. The maximum absolute atomic E-state index is 14.2. The maximum Gasteiger partial charge on any atom is 0.157 e. The number of fused-ring (bicyclic) bond motifs is 1. The molecular weight excluding hydrogens is 305 g/mol. The van der Waals surface area contributed by atoms with Crippen LogP contribution < -0.4 is 4.90 Å². The smallest absolute Gasteiger partial charge is 0.157 e. The van der Waals surface area contributed by atoms with Crippen molar-refractivity contribution in [2.24, 2.45) is 0 Å². The van der Waals surface area contributed by atoms with Gasteiger partial charge in [-0.05, 0) is 32.6 Å². The second-order valence-electron chi connectivity index (χ2n) is 6.43. The van der Waals surface area contributed by atoms with Crippen LogP contribution in [0.1, 0.15) is 6.42 Å². The second kappa shape index (κ2) is 5.87. The highest BCUT2D eigenvalue weighted by atomic mass is 19.1. The van der Waals surface area contributed by atoms with E-state index in [9.17, 15) is 4.39 Å². The molecule has 4 rings (SSSR count). The average molecular weight is 325 g/mol. The summed E-state index contributed by atoms with van der Waals surface area (Å²) in [5.74, 6) is 0.708. The van der Waals surface area contributed by atoms with E-state index >= 15 is 0 Å². The van der Waals surface area contributed by atoms with Gasteiger partial charge in [0.15, 0.2) is 5.65 Å². The van der Waals surface area contributed by atoms with E-state index in [1.807, 2.05) is 22.7 Å². The van der Waals surface area contributed by atoms with Crippen molar-refractivity contribution >= 4 is 11.5 Å². The number of anilines is 1. The monoisotopic (exact) mass is 325 g/mol. The Bertz CT molecular complexity index is 873. The minimum Gasteiger partial charge on any atom is -0.355 e. The van der Waals surface area contributed by atoms with Gasteiger partial charge in [-0.2, -0.15) is 9.61 Å². The van der Waals surface area contributed by atoms with Crippen LogP contribution in [0.5, 0.6) is 0 Å². The molecule has 0 unspecified atom stereocenters. The summed E-state index contributed by atoms with van der Waals surface area (Å²) in [6.07, 6.45) is 2.84. The Morgan fingerprint density at radius 3 is 2.79 bits per heavy atom. The van der Waals surface area contributed by atoms with E-state index in [1.54, 1.807) is 18.3 Å². The molecule has 3 aromatic rings. The van der Waals surface area contributed by atoms with Crippen LogP contribution in [-0.4, -0.2) is 52.7 Å². The SMILES string of the molecule is CN(C)[C@H]1CCN(c2cc(-c3ccccc3F)nc3ccnn23)C1. The summed E-state index contributed by atoms with van der Waals surface area (Å²) in [6, 6.07) is 11.1. The predicted molar refractivity (Wildman–Crippen MR) is 92.7 cm³/mol. The third-order valence-electron chi connectivity index (χ3n) is 4.71. The molecule has 0 N–H and O–H groups in total. The topological polar surface area (TPSA) is 36.7 Å². The number of rotatable bonds is 3. The third-order valence-corrected chi connectivity index (χ3v) is 4.71. The Balaban J connectivity index is 1.81. The van der Waals surface area contributed by atoms with Crippen LogP contribution in [0.4, 0.5) is 10.2 Å². The average Bonchev–Trinajstić information content (AvgIpc) is 3.23. The summed E-state index contributed by atoms with van der Waals surface area (Å²) in [5, 5.41) is 4.40. The van der Waals surface area contributed by atoms with E-state index in [0.717, 1.165) is 31.0 Å². The Morgan fingerprint density at radius 1 is 1.21 bits per heavy atom. The van der Waals surface area contributed by atoms with Gasteiger partial charge in [0, 0.05) is 36.8 Å². The first kappa shape index (κ1) is 15.1. The van der Waals surface area contributed by atoms with Gasteiger partial charge < -0.3 is 9.80 Å². The molecule has 0 saturated carbocycles. The molecule has 1 aromatic carbocycles. The first-order valence-electron chi connectivity index (χ1n) is 8.14. The van der Waals surface area contributed by atoms with Crippen LogP contribution in [0, 0.1) is 5.82 Å². The first-order valence-corrected chi connectivity index (χ1v) is 8.14. The van der Waals surface area contributed by atoms with E-state index in [4.69, 9.17) is 0 Å². The van der Waals surface area contributed by atoms with E-state index in [0.29, 0.717) is 17.3 Å². The molecule has 1 saturated heterocycles. The van der Waals surface area contributed by atoms with E-state index in [2.05, 4.69) is 34.0 Å². The van der Waals surface area contributed by atoms with Crippen molar-refractivity contribution in [2.75, 3.05) is 32.1 Å². The van der Waals surface area contributed by atoms with Gasteiger partial charge in [-0.15, -0.1) is 0 Å². The maximum atomic E-state index is 14.2. The van der Waals surface area contributed by atoms with Crippen LogP contribution in [0.25, 0.3) is 16.9 Å². The van der Waals surface area contributed by atoms with Gasteiger partial charge in [-0.25, -0.2) is 9.37 Å². The van der Waals surface area contributed by atoms with Gasteiger partial charge >= 0.3 is 0 Å². The van der Waals surface area contributed by atoms with Crippen molar-refractivity contribution in [1.29, 1.82) is 0 Å². The lowest BCUT2D eigenvalue weighted by Gasteiger charge is -2.22. The molecule has 124 valence electrons. The molecule has 1 aliphatic rings. The number of aromatic nitrogens is 3. The zero-order valence-electron chi connectivity index (χ0n) is 13.9. The van der Waals surface area contributed by atoms with Gasteiger partial charge in [0.05, 0.1) is 11.9 Å². The molecule has 5 nitrogen and oxygen atoms in total. The molecule has 24 heavy (non-hydrogen) atoms. The van der Waals surface area contributed by atoms with Crippen molar-refractivity contribution in [3.63, 3.8) is 0 Å². The number of likely N-dealkylation sites (N-methyl/N-ethyl adjacent to an activating group) is 1. The molecule has 6 heteroatoms. The van der Waals surface area contributed by atoms with Crippen LogP contribution >= 0.6 is 0 Å². The predicted octanol–water partition coefficient (Wildman–Crippen LogP) is 2.68. The van der Waals surface area contributed by atoms with Crippen molar-refractivity contribution in [1.82, 2.24) is 19.5 Å². The highest BCUT2D eigenvalue weighted by molar-refractivity contribution is 5.67. The normalized spacial score (nSPS) is 18.0. The zero-order chi connectivity index (χ0) is 16.7. The van der Waals surface area contributed by atoms with Gasteiger partial charge in [-0.3, -0.25) is 0 Å². The fraction of sp³-hybridized carbons (Fsp3) is 0.333. The summed E-state index contributed by atoms with van der Waals surface area (Å²) in [4.78, 5) is 9.13. The van der Waals surface area contributed by atoms with Crippen LogP contribution in [0.15, 0.2) is 42.6 Å². The molecule has 0 spiro atoms. The molecule has 1 aliphatic heterocycles. The molecule has 2 aromatic heterocycles. The number of hydrogen-bond acceptors (Lipinski definition) is 4. The number of nitrogens with zero attached hydrogens (tertiary/aromatic N) is 5. The van der Waals surface area contributed by atoms with Crippen LogP contribution in [0.3, 0.4) is 0 Å². The summed E-state index contributed by atoms with van der Waals surface area (Å²) in [6.45, 7) is 1.89. The lowest BCUT2D eigenvalue weighted by molar-refractivity contribution is 0.315. The fourth-order valence-electron chi connectivity index (χ4n) is 3.30. The molecule has 3 heterocycles. The second-order valence-corrected chi connectivity index (χ2v) is 6.43. The Morgan fingerprint density at radius 2 is 2.04 bits per heavy atom. The Kier molecular flexibility index (Phi) is 3.69. The molecule has 1 atom stereocenters. The third kappa shape index (κ3) is 2.53. The van der Waals surface area contributed by atoms with E-state index < -0.39 is 0 Å². The highest BCUT2D eigenvalue weighted by Gasteiger charge is 2.26. The van der Waals surface area contributed by atoms with Gasteiger partial charge in [-0.1, -0.05) is 12.1 Å². The molecular formula is C18H20FN5. The van der Waals surface area contributed by atoms with Gasteiger partial charge in [0.2, 0.25) is 0 Å². The largest absolute Gasteiger partial charge is 0.355 e. The lowest BCUT2D eigenvalue weighted by Crippen LogP contribution is -2.32. The molecule has 0 radical (unpaired) electrons. The van der Waals surface area contributed by atoms with Crippen LogP contribution in [-0.2, 0) is 0 Å². The first-order chi connectivity index (χ1) is 11.6. The van der Waals surface area contributed by atoms with E-state index in [-0.39, 0.29) is 5.82 Å². The molecule has 0 amide bonds. The lowest BCUT2D eigenvalue weighted by atomic mass is 10.1. The minimum atomic E-state index is -0.257. The highest BCUT2D eigenvalue weighted by Crippen LogP contribution is 2.28. The Labute approximate surface area is 140 Å². The summed E-state index contributed by atoms with van der Waals surface area (Å²) < 4.78 is 16.0. The Hall–Kier alpha value is -2.47. The summed E-state index contributed by atoms with van der Waals surface area (Å²) in [5.41, 5.74) is 1.90. The van der Waals surface area contributed by atoms with E-state index in [1.165, 1.54) is 6.07 Å². The molecule has 0 aliphatic carbocycles. The summed E-state index contributed by atoms with van der Waals surface area (Å²) in [7, 11) is 4.21. The van der Waals surface area contributed by atoms with Crippen molar-refractivity contribution in [3.8, 4) is 11.3 Å². The van der Waals surface area contributed by atoms with Crippen molar-refractivity contribution < 1.29 is 4.39 Å². The molecule has 1 fully saturated rings. The number of hydrogen-bond donors (Lipinski definition) is 0. The summed E-state index contributed by atoms with van der Waals surface area (Å²) >= 11 is 0. The minimum absolute atomic E-state index is 0.257. The van der Waals surface area contributed by atoms with Crippen LogP contribution in [0.2, 0.25) is 0 Å². The van der Waals surface area contributed by atoms with Crippen molar-refractivity contribution in [2.45, 2.75) is 12.5 Å².